The highest BCUT2D eigenvalue weighted by Gasteiger charge is 2.43. The van der Waals surface area contributed by atoms with Gasteiger partial charge in [0.05, 0.1) is 28.0 Å². The minimum absolute atomic E-state index is 0.0177. The number of nitrogens with zero attached hydrogens (tertiary/aromatic N) is 2. The second-order valence-electron chi connectivity index (χ2n) is 9.83. The topological polar surface area (TPSA) is 108 Å². The van der Waals surface area contributed by atoms with Crippen LogP contribution in [0, 0.1) is 0 Å². The predicted octanol–water partition coefficient (Wildman–Crippen LogP) is 6.45. The van der Waals surface area contributed by atoms with Gasteiger partial charge >= 0.3 is 5.97 Å². The lowest BCUT2D eigenvalue weighted by Crippen LogP contribution is -2.37. The van der Waals surface area contributed by atoms with E-state index in [-0.39, 0.29) is 23.1 Å². The smallest absolute Gasteiger partial charge is 0.336 e. The Morgan fingerprint density at radius 1 is 1.15 bits per heavy atom. The SMILES string of the molecule is CCCC(NC(=O)c1ccc(C2(C)C(c3nc4ccccc4[nH]3)=CC=C[C@@H]2Cl)c(C(=O)O)c1)c1ccncc1. The number of benzene rings is 2. The van der Waals surface area contributed by atoms with Crippen LogP contribution in [0.2, 0.25) is 0 Å². The monoisotopic (exact) mass is 540 g/mol. The van der Waals surface area contributed by atoms with Gasteiger partial charge in [-0.3, -0.25) is 9.78 Å². The molecule has 3 N–H and O–H groups in total. The van der Waals surface area contributed by atoms with Crippen molar-refractivity contribution in [2.45, 2.75) is 43.5 Å². The Kier molecular flexibility index (Phi) is 7.35. The van der Waals surface area contributed by atoms with Crippen molar-refractivity contribution in [2.24, 2.45) is 0 Å². The third-order valence-electron chi connectivity index (χ3n) is 7.36. The minimum Gasteiger partial charge on any atom is -0.478 e. The Bertz CT molecular complexity index is 1560. The van der Waals surface area contributed by atoms with E-state index in [2.05, 4.69) is 15.3 Å². The number of carbonyl (C=O) groups is 2. The zero-order valence-corrected chi connectivity index (χ0v) is 22.4. The first-order chi connectivity index (χ1) is 18.8. The fourth-order valence-electron chi connectivity index (χ4n) is 5.23. The van der Waals surface area contributed by atoms with Crippen molar-refractivity contribution in [3.63, 3.8) is 0 Å². The van der Waals surface area contributed by atoms with E-state index in [0.717, 1.165) is 35.0 Å². The molecule has 0 spiro atoms. The van der Waals surface area contributed by atoms with Crippen molar-refractivity contribution in [1.82, 2.24) is 20.3 Å². The molecule has 0 saturated carbocycles. The number of aromatic nitrogens is 3. The van der Waals surface area contributed by atoms with Gasteiger partial charge in [0.25, 0.3) is 5.91 Å². The largest absolute Gasteiger partial charge is 0.478 e. The first-order valence-electron chi connectivity index (χ1n) is 12.9. The number of para-hydroxylation sites is 2. The lowest BCUT2D eigenvalue weighted by Gasteiger charge is -2.38. The highest BCUT2D eigenvalue weighted by atomic mass is 35.5. The van der Waals surface area contributed by atoms with E-state index < -0.39 is 16.8 Å². The number of pyridine rings is 1. The Morgan fingerprint density at radius 2 is 1.92 bits per heavy atom. The van der Waals surface area contributed by atoms with E-state index in [1.54, 1.807) is 24.5 Å². The van der Waals surface area contributed by atoms with Crippen LogP contribution in [-0.2, 0) is 5.41 Å². The fourth-order valence-corrected chi connectivity index (χ4v) is 5.54. The number of carboxylic acid groups (broad SMARTS) is 1. The van der Waals surface area contributed by atoms with E-state index in [4.69, 9.17) is 16.6 Å². The molecule has 4 aromatic rings. The van der Waals surface area contributed by atoms with Gasteiger partial charge in [-0.15, -0.1) is 11.6 Å². The number of nitrogens with one attached hydrogen (secondary N) is 2. The maximum atomic E-state index is 13.3. The summed E-state index contributed by atoms with van der Waals surface area (Å²) < 4.78 is 0. The lowest BCUT2D eigenvalue weighted by atomic mass is 9.69. The van der Waals surface area contributed by atoms with Crippen molar-refractivity contribution in [3.05, 3.63) is 113 Å². The van der Waals surface area contributed by atoms with Crippen LogP contribution in [0.15, 0.2) is 85.2 Å². The van der Waals surface area contributed by atoms with Crippen LogP contribution < -0.4 is 5.32 Å². The summed E-state index contributed by atoms with van der Waals surface area (Å²) in [5, 5.41) is 12.8. The number of alkyl halides is 1. The van der Waals surface area contributed by atoms with Crippen molar-refractivity contribution >= 4 is 40.1 Å². The van der Waals surface area contributed by atoms with Gasteiger partial charge in [0.2, 0.25) is 0 Å². The zero-order chi connectivity index (χ0) is 27.6. The van der Waals surface area contributed by atoms with E-state index in [1.165, 1.54) is 6.07 Å². The van der Waals surface area contributed by atoms with Crippen molar-refractivity contribution < 1.29 is 14.7 Å². The van der Waals surface area contributed by atoms with Gasteiger partial charge in [-0.2, -0.15) is 0 Å². The summed E-state index contributed by atoms with van der Waals surface area (Å²) in [6.07, 6.45) is 10.6. The molecule has 0 radical (unpaired) electrons. The summed E-state index contributed by atoms with van der Waals surface area (Å²) in [4.78, 5) is 38.1. The molecule has 2 unspecified atom stereocenters. The van der Waals surface area contributed by atoms with Crippen LogP contribution in [0.1, 0.15) is 70.4 Å². The Balaban J connectivity index is 1.53. The second-order valence-corrected chi connectivity index (χ2v) is 10.3. The van der Waals surface area contributed by atoms with Crippen molar-refractivity contribution in [1.29, 1.82) is 0 Å². The molecule has 1 aliphatic rings. The van der Waals surface area contributed by atoms with Gasteiger partial charge in [-0.1, -0.05) is 49.8 Å². The van der Waals surface area contributed by atoms with Gasteiger partial charge < -0.3 is 15.4 Å². The molecular formula is C31H29ClN4O3. The number of allylic oxidation sites excluding steroid dienone is 4. The first kappa shape index (κ1) is 26.4. The highest BCUT2D eigenvalue weighted by molar-refractivity contribution is 6.24. The van der Waals surface area contributed by atoms with Crippen molar-refractivity contribution in [2.75, 3.05) is 0 Å². The molecule has 0 fully saturated rings. The number of aromatic carboxylic acids is 1. The van der Waals surface area contributed by atoms with Crippen LogP contribution in [0.25, 0.3) is 16.6 Å². The summed E-state index contributed by atoms with van der Waals surface area (Å²) >= 11 is 6.91. The molecule has 2 aromatic carbocycles. The molecule has 7 nitrogen and oxygen atoms in total. The normalized spacial score (nSPS) is 19.5. The average Bonchev–Trinajstić information content (AvgIpc) is 3.38. The first-order valence-corrected chi connectivity index (χ1v) is 13.3. The number of amides is 1. The van der Waals surface area contributed by atoms with Crippen LogP contribution in [0.4, 0.5) is 0 Å². The summed E-state index contributed by atoms with van der Waals surface area (Å²) in [5.41, 5.74) is 3.24. The number of H-pyrrole nitrogens is 1. The molecule has 5 rings (SSSR count). The van der Waals surface area contributed by atoms with Gasteiger partial charge in [-0.05, 0) is 60.9 Å². The summed E-state index contributed by atoms with van der Waals surface area (Å²) in [6.45, 7) is 3.96. The van der Waals surface area contributed by atoms with Crippen molar-refractivity contribution in [3.8, 4) is 0 Å². The fraction of sp³-hybridized carbons (Fsp3) is 0.226. The Morgan fingerprint density at radius 3 is 2.64 bits per heavy atom. The average molecular weight is 541 g/mol. The van der Waals surface area contributed by atoms with Gasteiger partial charge in [-0.25, -0.2) is 9.78 Å². The highest BCUT2D eigenvalue weighted by Crippen LogP contribution is 2.46. The molecule has 2 aromatic heterocycles. The summed E-state index contributed by atoms with van der Waals surface area (Å²) in [7, 11) is 0. The van der Waals surface area contributed by atoms with Gasteiger partial charge in [0, 0.05) is 28.9 Å². The van der Waals surface area contributed by atoms with Gasteiger partial charge in [0.15, 0.2) is 0 Å². The number of hydrogen-bond donors (Lipinski definition) is 3. The molecule has 3 atom stereocenters. The number of carboxylic acids is 1. The molecule has 2 heterocycles. The maximum absolute atomic E-state index is 13.3. The quantitative estimate of drug-likeness (QED) is 0.223. The molecule has 198 valence electrons. The molecule has 0 bridgehead atoms. The molecule has 8 heteroatoms. The predicted molar refractivity (Wildman–Crippen MR) is 153 cm³/mol. The summed E-state index contributed by atoms with van der Waals surface area (Å²) in [5.74, 6) is -0.863. The van der Waals surface area contributed by atoms with E-state index in [0.29, 0.717) is 11.4 Å². The molecule has 1 amide bonds. The molecule has 1 aliphatic carbocycles. The minimum atomic E-state index is -1.14. The number of imidazole rings is 1. The Labute approximate surface area is 231 Å². The lowest BCUT2D eigenvalue weighted by molar-refractivity contribution is 0.0694. The maximum Gasteiger partial charge on any atom is 0.336 e. The zero-order valence-electron chi connectivity index (χ0n) is 21.7. The number of rotatable bonds is 8. The number of halogens is 1. The van der Waals surface area contributed by atoms with E-state index >= 15 is 0 Å². The third-order valence-corrected chi connectivity index (χ3v) is 7.94. The number of hydrogen-bond acceptors (Lipinski definition) is 4. The summed E-state index contributed by atoms with van der Waals surface area (Å²) in [6, 6.07) is 16.0. The number of fused-ring (bicyclic) bond motifs is 1. The molecule has 0 saturated heterocycles. The van der Waals surface area contributed by atoms with Crippen LogP contribution in [-0.4, -0.2) is 37.3 Å². The van der Waals surface area contributed by atoms with Crippen LogP contribution >= 0.6 is 11.6 Å². The standard InChI is InChI=1S/C31H29ClN4O3/c1-3-7-24(19-14-16-33-17-15-19)36-29(37)20-12-13-22(21(18-20)30(38)39)31(2)23(8-6-11-27(31)32)28-34-25-9-4-5-10-26(25)35-28/h4-6,8-18,24,27H,3,7H2,1-2H3,(H,34,35)(H,36,37)(H,38,39)/t24?,27-,31?/m0/s1. The second kappa shape index (κ2) is 10.9. The molecule has 0 aliphatic heterocycles. The van der Waals surface area contributed by atoms with E-state index in [9.17, 15) is 14.7 Å². The Hall–Kier alpha value is -4.23. The third kappa shape index (κ3) is 4.98. The number of carbonyl (C=O) groups excluding carboxylic acids is 1. The molecule has 39 heavy (non-hydrogen) atoms. The van der Waals surface area contributed by atoms with Crippen LogP contribution in [0.3, 0.4) is 0 Å². The van der Waals surface area contributed by atoms with E-state index in [1.807, 2.05) is 68.5 Å². The molecular weight excluding hydrogens is 512 g/mol. The number of aromatic amines is 1. The van der Waals surface area contributed by atoms with Gasteiger partial charge in [0.1, 0.15) is 5.82 Å². The van der Waals surface area contributed by atoms with Crippen LogP contribution in [0.5, 0.6) is 0 Å².